The smallest absolute Gasteiger partial charge is 0.251 e. The van der Waals surface area contributed by atoms with Crippen LogP contribution >= 0.6 is 0 Å². The quantitative estimate of drug-likeness (QED) is 0.104. The molecule has 6 aliphatic heterocycles. The number of fused-ring (bicyclic) bond motifs is 1. The summed E-state index contributed by atoms with van der Waals surface area (Å²) in [4.78, 5) is 63.8. The minimum absolute atomic E-state index is 0.144. The van der Waals surface area contributed by atoms with E-state index in [1.54, 1.807) is 54.6 Å². The van der Waals surface area contributed by atoms with Crippen molar-refractivity contribution >= 4 is 46.6 Å². The molecule has 71 heavy (non-hydrogen) atoms. The van der Waals surface area contributed by atoms with Crippen molar-refractivity contribution in [3.63, 3.8) is 0 Å². The Bertz CT molecular complexity index is 2980. The summed E-state index contributed by atoms with van der Waals surface area (Å²) in [6, 6.07) is 46.3. The molecule has 13 rings (SSSR count). The first-order valence-corrected chi connectivity index (χ1v) is 23.6. The van der Waals surface area contributed by atoms with Crippen molar-refractivity contribution < 1.29 is 38.4 Å². The van der Waals surface area contributed by atoms with Crippen molar-refractivity contribution in [1.29, 1.82) is 0 Å². The van der Waals surface area contributed by atoms with Gasteiger partial charge in [-0.25, -0.2) is 0 Å². The van der Waals surface area contributed by atoms with E-state index in [9.17, 15) is 29.1 Å². The Kier molecular flexibility index (Phi) is 13.7. The van der Waals surface area contributed by atoms with Gasteiger partial charge in [-0.2, -0.15) is 4.58 Å². The predicted molar refractivity (Wildman–Crippen MR) is 269 cm³/mol. The summed E-state index contributed by atoms with van der Waals surface area (Å²) in [5.41, 5.74) is 9.81. The van der Waals surface area contributed by atoms with Gasteiger partial charge in [0.1, 0.15) is 18.9 Å². The molecule has 12 heteroatoms. The molecule has 6 heterocycles. The minimum atomic E-state index is -0.280. The number of carbonyl (C=O) groups is 5. The third-order valence-corrected chi connectivity index (χ3v) is 13.2. The molecule has 1 aliphatic carbocycles. The van der Waals surface area contributed by atoms with Gasteiger partial charge < -0.3 is 31.1 Å². The Labute approximate surface area is 412 Å². The highest BCUT2D eigenvalue weighted by molar-refractivity contribution is 6.22. The van der Waals surface area contributed by atoms with E-state index in [1.807, 2.05) is 104 Å². The van der Waals surface area contributed by atoms with Crippen LogP contribution in [0.4, 0.5) is 5.69 Å². The number of amides is 4. The molecule has 1 unspecified atom stereocenters. The third-order valence-electron chi connectivity index (χ3n) is 13.2. The number of Topliss-reactive ketones (excluding diaryl/α,β-unsaturated/α-hetero) is 1. The van der Waals surface area contributed by atoms with E-state index in [-0.39, 0.29) is 52.3 Å². The zero-order valence-corrected chi connectivity index (χ0v) is 39.7. The van der Waals surface area contributed by atoms with Crippen LogP contribution in [0.5, 0.6) is 0 Å². The topological polar surface area (TPSA) is 169 Å². The summed E-state index contributed by atoms with van der Waals surface area (Å²) >= 11 is 0. The second-order valence-electron chi connectivity index (χ2n) is 18.4. The molecule has 356 valence electrons. The zero-order chi connectivity index (χ0) is 49.6. The lowest BCUT2D eigenvalue weighted by Crippen LogP contribution is -2.35. The number of ether oxygens (including phenoxy) is 1. The van der Waals surface area contributed by atoms with Gasteiger partial charge in [0.05, 0.1) is 5.41 Å². The fourth-order valence-corrected chi connectivity index (χ4v) is 9.13. The molecular weight excluding hydrogens is 891 g/mol. The van der Waals surface area contributed by atoms with Crippen LogP contribution in [-0.4, -0.2) is 52.9 Å². The van der Waals surface area contributed by atoms with Crippen LogP contribution in [0.2, 0.25) is 0 Å². The van der Waals surface area contributed by atoms with E-state index in [4.69, 9.17) is 4.74 Å². The standard InChI is InChI=1S/C32H28N4O4.C27H25NO3/c37-29-25-3-1-4-26(15-25)30(38)34-18-22-9-13-24(14-10-22)20-36-32(40)28-6-2-5-27(16-28)31(39)35-19-23-11-7-21(8-12-23)17-33-29;1-27(2)21-11-7-8-12-22(21)28(3)24(27)16-20-25(29)19(26(20)30)15-18-13-14-23(31-18)17-9-5-4-6-10-17/h1-16H,17-20H2,(H,33,37)(H,34,38)(H,35,39)(H,36,40);4-12,14,16,18H,13,15H2,1-3H3. The molecule has 1 atom stereocenters. The largest absolute Gasteiger partial charge is 0.872 e. The maximum absolute atomic E-state index is 12.9. The van der Waals surface area contributed by atoms with Gasteiger partial charge in [-0.05, 0) is 84.1 Å². The number of para-hydroxylation sites is 1. The van der Waals surface area contributed by atoms with Crippen LogP contribution in [0.25, 0.3) is 5.76 Å². The van der Waals surface area contributed by atoms with Gasteiger partial charge in [0, 0.05) is 90.1 Å². The molecule has 0 aromatic heterocycles. The predicted octanol–water partition coefficient (Wildman–Crippen LogP) is 7.76. The maximum atomic E-state index is 12.9. The molecular formula is C59H53N5O7. The summed E-state index contributed by atoms with van der Waals surface area (Å²) in [6.45, 7) is 5.51. The summed E-state index contributed by atoms with van der Waals surface area (Å²) in [5.74, 6) is -0.586. The number of ketones is 1. The normalized spacial score (nSPS) is 18.3. The van der Waals surface area contributed by atoms with Crippen LogP contribution in [0.15, 0.2) is 181 Å². The summed E-state index contributed by atoms with van der Waals surface area (Å²) < 4.78 is 8.09. The lowest BCUT2D eigenvalue weighted by molar-refractivity contribution is -0.401. The SMILES string of the molecule is C[N+]1=C(C=C2C(=O)C(CC3CC=C(c4ccccc4)O3)=C2[O-])C(C)(C)c2ccccc21.O=C1NCc2ccc(cc2)CNC(=O)c2cccc(c2)C(=O)NCc2ccc(cc2)CNC(=O)c2cccc1c2. The van der Waals surface area contributed by atoms with Crippen molar-refractivity contribution in [3.05, 3.63) is 236 Å². The summed E-state index contributed by atoms with van der Waals surface area (Å²) in [6.07, 6.45) is 4.72. The Morgan fingerprint density at radius 2 is 1.00 bits per heavy atom. The van der Waals surface area contributed by atoms with E-state index in [2.05, 4.69) is 51.8 Å². The first-order chi connectivity index (χ1) is 34.3. The number of nitrogens with zero attached hydrogens (tertiary/aromatic N) is 1. The van der Waals surface area contributed by atoms with Gasteiger partial charge >= 0.3 is 0 Å². The van der Waals surface area contributed by atoms with Crippen LogP contribution in [0.1, 0.15) is 102 Å². The molecule has 0 saturated heterocycles. The van der Waals surface area contributed by atoms with Gasteiger partial charge in [-0.3, -0.25) is 24.0 Å². The van der Waals surface area contributed by atoms with Crippen LogP contribution in [0, 0.1) is 0 Å². The minimum Gasteiger partial charge on any atom is -0.872 e. The van der Waals surface area contributed by atoms with E-state index in [1.165, 1.54) is 5.56 Å². The lowest BCUT2D eigenvalue weighted by Gasteiger charge is -2.32. The van der Waals surface area contributed by atoms with Gasteiger partial charge in [0.25, 0.3) is 23.6 Å². The fourth-order valence-electron chi connectivity index (χ4n) is 9.13. The Morgan fingerprint density at radius 1 is 0.577 bits per heavy atom. The van der Waals surface area contributed by atoms with Crippen molar-refractivity contribution in [2.45, 2.75) is 64.4 Å². The Hall–Kier alpha value is -8.64. The fraction of sp³-hybridized carbons (Fsp3) is 0.186. The monoisotopic (exact) mass is 943 g/mol. The number of hydrogen-bond acceptors (Lipinski definition) is 7. The molecule has 6 aromatic carbocycles. The molecule has 4 N–H and O–H groups in total. The van der Waals surface area contributed by atoms with Gasteiger partial charge in [-0.15, -0.1) is 0 Å². The highest BCUT2D eigenvalue weighted by Crippen LogP contribution is 2.41. The third kappa shape index (κ3) is 10.5. The molecule has 0 radical (unpaired) electrons. The van der Waals surface area contributed by atoms with Crippen molar-refractivity contribution in [2.75, 3.05) is 7.05 Å². The highest BCUT2D eigenvalue weighted by atomic mass is 16.5. The number of benzene rings is 6. The summed E-state index contributed by atoms with van der Waals surface area (Å²) in [7, 11) is 1.99. The summed E-state index contributed by atoms with van der Waals surface area (Å²) in [5, 5.41) is 24.4. The van der Waals surface area contributed by atoms with E-state index in [0.717, 1.165) is 45.0 Å². The highest BCUT2D eigenvalue weighted by Gasteiger charge is 2.44. The van der Waals surface area contributed by atoms with Crippen LogP contribution in [0.3, 0.4) is 0 Å². The molecule has 0 saturated carbocycles. The van der Waals surface area contributed by atoms with E-state index in [0.29, 0.717) is 66.8 Å². The first kappa shape index (κ1) is 47.4. The maximum Gasteiger partial charge on any atom is 0.251 e. The van der Waals surface area contributed by atoms with Gasteiger partial charge in [0.2, 0.25) is 5.69 Å². The molecule has 4 amide bonds. The number of nitrogens with one attached hydrogen (secondary N) is 4. The van der Waals surface area contributed by atoms with Crippen LogP contribution in [-0.2, 0) is 41.1 Å². The lowest BCUT2D eigenvalue weighted by atomic mass is 9.78. The Balaban J connectivity index is 0.000000181. The Morgan fingerprint density at radius 3 is 1.44 bits per heavy atom. The second kappa shape index (κ2) is 20.5. The second-order valence-corrected chi connectivity index (χ2v) is 18.4. The molecule has 8 bridgehead atoms. The number of carbonyl (C=O) groups excluding carboxylic acids is 5. The van der Waals surface area contributed by atoms with E-state index >= 15 is 0 Å². The molecule has 0 fully saturated rings. The van der Waals surface area contributed by atoms with E-state index < -0.39 is 0 Å². The van der Waals surface area contributed by atoms with Crippen molar-refractivity contribution in [1.82, 2.24) is 21.3 Å². The zero-order valence-electron chi connectivity index (χ0n) is 39.7. The van der Waals surface area contributed by atoms with Crippen molar-refractivity contribution in [2.24, 2.45) is 0 Å². The molecule has 12 nitrogen and oxygen atoms in total. The average molecular weight is 944 g/mol. The van der Waals surface area contributed by atoms with Gasteiger partial charge in [-0.1, -0.05) is 115 Å². The number of hydrogen-bond donors (Lipinski definition) is 4. The number of allylic oxidation sites excluding steroid dienone is 2. The molecule has 7 aliphatic rings. The molecule has 0 spiro atoms. The average Bonchev–Trinajstić information content (AvgIpc) is 3.96. The number of rotatable bonds is 4. The first-order valence-electron chi connectivity index (χ1n) is 23.6. The van der Waals surface area contributed by atoms with Crippen LogP contribution < -0.4 is 26.4 Å². The van der Waals surface area contributed by atoms with Gasteiger partial charge in [0.15, 0.2) is 11.5 Å². The molecule has 6 aromatic rings. The van der Waals surface area contributed by atoms with Crippen molar-refractivity contribution in [3.8, 4) is 0 Å².